The van der Waals surface area contributed by atoms with Crippen molar-refractivity contribution in [2.75, 3.05) is 0 Å². The molecule has 1 aliphatic rings. The first-order valence-electron chi connectivity index (χ1n) is 7.94. The van der Waals surface area contributed by atoms with Crippen molar-refractivity contribution in [3.8, 4) is 0 Å². The van der Waals surface area contributed by atoms with E-state index in [0.29, 0.717) is 11.5 Å². The molecule has 1 aromatic rings. The second kappa shape index (κ2) is 6.48. The predicted molar refractivity (Wildman–Crippen MR) is 85.2 cm³/mol. The second-order valence-corrected chi connectivity index (χ2v) is 7.09. The molecule has 3 nitrogen and oxygen atoms in total. The van der Waals surface area contributed by atoms with Gasteiger partial charge >= 0.3 is 0 Å². The van der Waals surface area contributed by atoms with E-state index >= 15 is 0 Å². The van der Waals surface area contributed by atoms with E-state index in [0.717, 1.165) is 35.9 Å². The molecule has 1 fully saturated rings. The Morgan fingerprint density at radius 2 is 2.15 bits per heavy atom. The highest BCUT2D eigenvalue weighted by atomic mass is 35.5. The van der Waals surface area contributed by atoms with Crippen LogP contribution in [0, 0.1) is 5.41 Å². The summed E-state index contributed by atoms with van der Waals surface area (Å²) in [5.74, 6) is 0. The average molecular weight is 298 g/mol. The molecular weight excluding hydrogens is 270 g/mol. The first-order chi connectivity index (χ1) is 9.46. The van der Waals surface area contributed by atoms with E-state index < -0.39 is 0 Å². The Kier molecular flexibility index (Phi) is 5.14. The number of aromatic nitrogens is 2. The summed E-state index contributed by atoms with van der Waals surface area (Å²) in [6.07, 6.45) is 6.10. The fourth-order valence-electron chi connectivity index (χ4n) is 3.30. The van der Waals surface area contributed by atoms with E-state index in [1.54, 1.807) is 0 Å². The van der Waals surface area contributed by atoms with Gasteiger partial charge < -0.3 is 5.32 Å². The third-order valence-corrected chi connectivity index (χ3v) is 4.89. The van der Waals surface area contributed by atoms with Gasteiger partial charge in [-0.25, -0.2) is 0 Å². The van der Waals surface area contributed by atoms with Gasteiger partial charge in [-0.3, -0.25) is 4.68 Å². The Hall–Kier alpha value is -0.540. The summed E-state index contributed by atoms with van der Waals surface area (Å²) in [6.45, 7) is 10.7. The monoisotopic (exact) mass is 297 g/mol. The second-order valence-electron chi connectivity index (χ2n) is 6.72. The van der Waals surface area contributed by atoms with Crippen LogP contribution in [0.5, 0.6) is 0 Å². The van der Waals surface area contributed by atoms with Gasteiger partial charge in [0.05, 0.1) is 16.4 Å². The molecule has 0 spiro atoms. The molecule has 0 bridgehead atoms. The predicted octanol–water partition coefficient (Wildman–Crippen LogP) is 4.18. The highest BCUT2D eigenvalue weighted by molar-refractivity contribution is 6.31. The van der Waals surface area contributed by atoms with Crippen LogP contribution >= 0.6 is 11.6 Å². The van der Waals surface area contributed by atoms with E-state index in [-0.39, 0.29) is 0 Å². The molecule has 1 aliphatic carbocycles. The van der Waals surface area contributed by atoms with Gasteiger partial charge in [0.15, 0.2) is 0 Å². The van der Waals surface area contributed by atoms with Gasteiger partial charge in [0, 0.05) is 19.1 Å². The zero-order valence-electron chi connectivity index (χ0n) is 13.3. The van der Waals surface area contributed by atoms with Gasteiger partial charge in [0.25, 0.3) is 0 Å². The fraction of sp³-hybridized carbons (Fsp3) is 0.812. The van der Waals surface area contributed by atoms with Crippen molar-refractivity contribution in [1.29, 1.82) is 0 Å². The summed E-state index contributed by atoms with van der Waals surface area (Å²) in [5.41, 5.74) is 2.64. The zero-order valence-corrected chi connectivity index (χ0v) is 14.1. The summed E-state index contributed by atoms with van der Waals surface area (Å²) in [6, 6.07) is 0.611. The number of rotatable bonds is 5. The van der Waals surface area contributed by atoms with E-state index in [1.807, 2.05) is 4.68 Å². The van der Waals surface area contributed by atoms with E-state index in [4.69, 9.17) is 11.6 Å². The fourth-order valence-corrected chi connectivity index (χ4v) is 3.64. The number of hydrogen-bond acceptors (Lipinski definition) is 2. The molecule has 1 heterocycles. The lowest BCUT2D eigenvalue weighted by molar-refractivity contribution is 0.197. The van der Waals surface area contributed by atoms with Crippen LogP contribution in [0.2, 0.25) is 5.02 Å². The maximum Gasteiger partial charge on any atom is 0.0863 e. The van der Waals surface area contributed by atoms with Gasteiger partial charge in [-0.2, -0.15) is 5.10 Å². The highest BCUT2D eigenvalue weighted by Gasteiger charge is 2.28. The lowest BCUT2D eigenvalue weighted by Gasteiger charge is -2.35. The summed E-state index contributed by atoms with van der Waals surface area (Å²) in [5, 5.41) is 9.14. The van der Waals surface area contributed by atoms with Gasteiger partial charge in [-0.1, -0.05) is 38.8 Å². The number of nitrogens with one attached hydrogen (secondary N) is 1. The molecule has 1 saturated carbocycles. The minimum absolute atomic E-state index is 0.472. The van der Waals surface area contributed by atoms with Crippen molar-refractivity contribution in [2.24, 2.45) is 5.41 Å². The molecule has 0 radical (unpaired) electrons. The topological polar surface area (TPSA) is 29.9 Å². The highest BCUT2D eigenvalue weighted by Crippen LogP contribution is 2.35. The minimum Gasteiger partial charge on any atom is -0.308 e. The molecule has 20 heavy (non-hydrogen) atoms. The van der Waals surface area contributed by atoms with Crippen molar-refractivity contribution in [3.63, 3.8) is 0 Å². The Morgan fingerprint density at radius 3 is 2.75 bits per heavy atom. The van der Waals surface area contributed by atoms with E-state index in [9.17, 15) is 0 Å². The molecule has 4 heteroatoms. The number of aryl methyl sites for hydroxylation is 2. The van der Waals surface area contributed by atoms with Gasteiger partial charge in [0.2, 0.25) is 0 Å². The Morgan fingerprint density at radius 1 is 1.40 bits per heavy atom. The van der Waals surface area contributed by atoms with Crippen LogP contribution in [-0.2, 0) is 19.5 Å². The summed E-state index contributed by atoms with van der Waals surface area (Å²) in [7, 11) is 0. The molecule has 1 aromatic heterocycles. The lowest BCUT2D eigenvalue weighted by Crippen LogP contribution is -2.37. The Labute approximate surface area is 128 Å². The van der Waals surface area contributed by atoms with Crippen molar-refractivity contribution in [2.45, 2.75) is 78.9 Å². The summed E-state index contributed by atoms with van der Waals surface area (Å²) < 4.78 is 2.04. The number of halogens is 1. The van der Waals surface area contributed by atoms with Gasteiger partial charge in [-0.05, 0) is 38.0 Å². The molecule has 114 valence electrons. The molecule has 1 unspecified atom stereocenters. The van der Waals surface area contributed by atoms with Crippen molar-refractivity contribution < 1.29 is 0 Å². The van der Waals surface area contributed by atoms with Crippen LogP contribution in [0.4, 0.5) is 0 Å². The molecule has 1 N–H and O–H groups in total. The molecule has 0 aliphatic heterocycles. The lowest BCUT2D eigenvalue weighted by atomic mass is 9.75. The van der Waals surface area contributed by atoms with E-state index in [2.05, 4.69) is 38.1 Å². The van der Waals surface area contributed by atoms with Crippen LogP contribution in [0.1, 0.15) is 64.8 Å². The van der Waals surface area contributed by atoms with Gasteiger partial charge in [0.1, 0.15) is 0 Å². The van der Waals surface area contributed by atoms with Crippen LogP contribution in [0.25, 0.3) is 0 Å². The molecule has 2 rings (SSSR count). The molecule has 0 aromatic carbocycles. The smallest absolute Gasteiger partial charge is 0.0863 e. The maximum absolute atomic E-state index is 6.46. The quantitative estimate of drug-likeness (QED) is 0.883. The minimum atomic E-state index is 0.472. The van der Waals surface area contributed by atoms with Crippen LogP contribution in [0.15, 0.2) is 0 Å². The zero-order chi connectivity index (χ0) is 14.8. The summed E-state index contributed by atoms with van der Waals surface area (Å²) >= 11 is 6.46. The summed E-state index contributed by atoms with van der Waals surface area (Å²) in [4.78, 5) is 0. The largest absolute Gasteiger partial charge is 0.308 e. The van der Waals surface area contributed by atoms with Crippen molar-refractivity contribution in [1.82, 2.24) is 15.1 Å². The molecule has 1 atom stereocenters. The third-order valence-electron chi connectivity index (χ3n) is 4.46. The molecular formula is C16H28ClN3. The standard InChI is InChI=1S/C16H28ClN3/c1-5-13-15(17)14(20(6-2)19-13)11-18-12-8-7-9-16(3,4)10-12/h12,18H,5-11H2,1-4H3. The number of hydrogen-bond donors (Lipinski definition) is 1. The van der Waals surface area contributed by atoms with Crippen LogP contribution < -0.4 is 5.32 Å². The first-order valence-corrected chi connectivity index (χ1v) is 8.32. The SMILES string of the molecule is CCc1nn(CC)c(CNC2CCCC(C)(C)C2)c1Cl. The van der Waals surface area contributed by atoms with E-state index in [1.165, 1.54) is 25.7 Å². The van der Waals surface area contributed by atoms with Crippen LogP contribution in [0.3, 0.4) is 0 Å². The van der Waals surface area contributed by atoms with Gasteiger partial charge in [-0.15, -0.1) is 0 Å². The third kappa shape index (κ3) is 3.56. The Bertz CT molecular complexity index is 451. The van der Waals surface area contributed by atoms with Crippen molar-refractivity contribution >= 4 is 11.6 Å². The first kappa shape index (κ1) is 15.8. The Balaban J connectivity index is 2.02. The number of nitrogens with zero attached hydrogens (tertiary/aromatic N) is 2. The van der Waals surface area contributed by atoms with Crippen molar-refractivity contribution in [3.05, 3.63) is 16.4 Å². The molecule has 0 saturated heterocycles. The average Bonchev–Trinajstić information content (AvgIpc) is 2.71. The molecule has 0 amide bonds. The normalized spacial score (nSPS) is 22.1. The maximum atomic E-state index is 6.46. The van der Waals surface area contributed by atoms with Crippen LogP contribution in [-0.4, -0.2) is 15.8 Å².